The van der Waals surface area contributed by atoms with Gasteiger partial charge in [0.15, 0.2) is 0 Å². The van der Waals surface area contributed by atoms with Gasteiger partial charge >= 0.3 is 0 Å². The molecule has 2 saturated heterocycles. The second-order valence-corrected chi connectivity index (χ2v) is 7.98. The minimum Gasteiger partial charge on any atom is -0.497 e. The molecule has 144 valence electrons. The number of likely N-dealkylation sites (tertiary alicyclic amines) is 1. The van der Waals surface area contributed by atoms with Crippen molar-refractivity contribution in [3.63, 3.8) is 0 Å². The number of amides is 1. The van der Waals surface area contributed by atoms with Crippen molar-refractivity contribution in [2.75, 3.05) is 26.7 Å². The number of carbonyl (C=O) groups is 1. The lowest BCUT2D eigenvalue weighted by Crippen LogP contribution is -2.35. The van der Waals surface area contributed by atoms with Crippen LogP contribution in [0, 0.1) is 18.8 Å². The van der Waals surface area contributed by atoms with Crippen LogP contribution in [0.2, 0.25) is 0 Å². The number of aromatic nitrogens is 1. The van der Waals surface area contributed by atoms with E-state index in [0.29, 0.717) is 17.5 Å². The Morgan fingerprint density at radius 3 is 2.82 bits per heavy atom. The number of nitrogens with one attached hydrogen (secondary N) is 2. The maximum atomic E-state index is 13.5. The van der Waals surface area contributed by atoms with Gasteiger partial charge in [0.1, 0.15) is 11.4 Å². The number of hydrogen-bond acceptors (Lipinski definition) is 3. The SMILES string of the molecule is COc1ccc2[nH]c(C(=O)N3C[C@@H]4CNC[C@@H]4[C@@H]3c3ccccc3C)cc2c1. The number of methoxy groups -OCH3 is 1. The van der Waals surface area contributed by atoms with Gasteiger partial charge in [-0.3, -0.25) is 4.79 Å². The predicted octanol–water partition coefficient (Wildman–Crippen LogP) is 3.52. The summed E-state index contributed by atoms with van der Waals surface area (Å²) < 4.78 is 5.31. The van der Waals surface area contributed by atoms with Gasteiger partial charge in [-0.2, -0.15) is 0 Å². The molecular formula is C23H25N3O2. The summed E-state index contributed by atoms with van der Waals surface area (Å²) in [5, 5.41) is 4.51. The highest BCUT2D eigenvalue weighted by Crippen LogP contribution is 2.44. The number of benzene rings is 2. The van der Waals surface area contributed by atoms with E-state index in [2.05, 4.69) is 46.4 Å². The molecule has 0 aliphatic carbocycles. The highest BCUT2D eigenvalue weighted by Gasteiger charge is 2.47. The fraction of sp³-hybridized carbons (Fsp3) is 0.348. The molecule has 1 amide bonds. The van der Waals surface area contributed by atoms with Crippen LogP contribution in [0.3, 0.4) is 0 Å². The summed E-state index contributed by atoms with van der Waals surface area (Å²) in [5.74, 6) is 1.86. The molecule has 2 aliphatic rings. The number of ether oxygens (including phenoxy) is 1. The normalized spacial score (nSPS) is 23.9. The summed E-state index contributed by atoms with van der Waals surface area (Å²) in [6.07, 6.45) is 0. The van der Waals surface area contributed by atoms with Crippen molar-refractivity contribution in [3.8, 4) is 5.75 Å². The van der Waals surface area contributed by atoms with Crippen molar-refractivity contribution in [3.05, 3.63) is 65.4 Å². The van der Waals surface area contributed by atoms with Crippen molar-refractivity contribution in [2.45, 2.75) is 13.0 Å². The van der Waals surface area contributed by atoms with Crippen molar-refractivity contribution < 1.29 is 9.53 Å². The van der Waals surface area contributed by atoms with Gasteiger partial charge < -0.3 is 19.9 Å². The van der Waals surface area contributed by atoms with E-state index in [9.17, 15) is 4.79 Å². The van der Waals surface area contributed by atoms with Crippen molar-refractivity contribution in [2.24, 2.45) is 11.8 Å². The molecule has 28 heavy (non-hydrogen) atoms. The number of aromatic amines is 1. The Morgan fingerprint density at radius 1 is 1.14 bits per heavy atom. The van der Waals surface area contributed by atoms with E-state index in [0.717, 1.165) is 36.3 Å². The highest BCUT2D eigenvalue weighted by atomic mass is 16.5. The van der Waals surface area contributed by atoms with E-state index < -0.39 is 0 Å². The van der Waals surface area contributed by atoms with Crippen LogP contribution in [0.1, 0.15) is 27.7 Å². The van der Waals surface area contributed by atoms with Gasteiger partial charge in [0.25, 0.3) is 5.91 Å². The Hall–Kier alpha value is -2.79. The average molecular weight is 375 g/mol. The van der Waals surface area contributed by atoms with E-state index in [1.165, 1.54) is 11.1 Å². The number of H-pyrrole nitrogens is 1. The van der Waals surface area contributed by atoms with Crippen LogP contribution in [0.5, 0.6) is 5.75 Å². The molecule has 5 nitrogen and oxygen atoms in total. The van der Waals surface area contributed by atoms with Gasteiger partial charge in [0.05, 0.1) is 13.2 Å². The lowest BCUT2D eigenvalue weighted by Gasteiger charge is -2.29. The molecular weight excluding hydrogens is 350 g/mol. The maximum absolute atomic E-state index is 13.5. The van der Waals surface area contributed by atoms with Crippen LogP contribution >= 0.6 is 0 Å². The van der Waals surface area contributed by atoms with Crippen LogP contribution in [0.25, 0.3) is 10.9 Å². The van der Waals surface area contributed by atoms with Gasteiger partial charge in [-0.05, 0) is 48.2 Å². The zero-order valence-corrected chi connectivity index (χ0v) is 16.2. The zero-order chi connectivity index (χ0) is 19.3. The van der Waals surface area contributed by atoms with Crippen LogP contribution in [0.4, 0.5) is 0 Å². The third-order valence-electron chi connectivity index (χ3n) is 6.39. The molecule has 3 aromatic rings. The minimum absolute atomic E-state index is 0.0813. The first-order chi connectivity index (χ1) is 13.7. The molecule has 3 atom stereocenters. The molecule has 5 rings (SSSR count). The summed E-state index contributed by atoms with van der Waals surface area (Å²) in [5.41, 5.74) is 4.12. The summed E-state index contributed by atoms with van der Waals surface area (Å²) in [7, 11) is 1.66. The fourth-order valence-electron chi connectivity index (χ4n) is 4.95. The molecule has 0 bridgehead atoms. The molecule has 0 spiro atoms. The van der Waals surface area contributed by atoms with Gasteiger partial charge in [-0.25, -0.2) is 0 Å². The first kappa shape index (κ1) is 17.3. The summed E-state index contributed by atoms with van der Waals surface area (Å²) >= 11 is 0. The molecule has 3 heterocycles. The van der Waals surface area contributed by atoms with E-state index >= 15 is 0 Å². The maximum Gasteiger partial charge on any atom is 0.270 e. The summed E-state index contributed by atoms with van der Waals surface area (Å²) in [4.78, 5) is 18.9. The predicted molar refractivity (Wildman–Crippen MR) is 110 cm³/mol. The van der Waals surface area contributed by atoms with Crippen LogP contribution in [-0.4, -0.2) is 42.5 Å². The first-order valence-corrected chi connectivity index (χ1v) is 9.89. The Labute approximate surface area is 164 Å². The van der Waals surface area contributed by atoms with E-state index in [4.69, 9.17) is 4.74 Å². The van der Waals surface area contributed by atoms with Gasteiger partial charge in [0.2, 0.25) is 0 Å². The van der Waals surface area contributed by atoms with E-state index in [1.807, 2.05) is 24.3 Å². The molecule has 5 heteroatoms. The molecule has 0 saturated carbocycles. The van der Waals surface area contributed by atoms with E-state index in [1.54, 1.807) is 7.11 Å². The smallest absolute Gasteiger partial charge is 0.270 e. The molecule has 1 aromatic heterocycles. The Morgan fingerprint density at radius 2 is 2.00 bits per heavy atom. The number of carbonyl (C=O) groups excluding carboxylic acids is 1. The quantitative estimate of drug-likeness (QED) is 0.736. The fourth-order valence-corrected chi connectivity index (χ4v) is 4.95. The van der Waals surface area contributed by atoms with Crippen molar-refractivity contribution in [1.82, 2.24) is 15.2 Å². The lowest BCUT2D eigenvalue weighted by molar-refractivity contribution is 0.0708. The highest BCUT2D eigenvalue weighted by molar-refractivity contribution is 5.98. The summed E-state index contributed by atoms with van der Waals surface area (Å²) in [6, 6.07) is 16.4. The standard InChI is InChI=1S/C23H25N3O2/c1-14-5-3-4-6-18(14)22-19-12-24-11-16(19)13-26(22)23(27)21-10-15-9-17(28-2)7-8-20(15)25-21/h3-10,16,19,22,24-25H,11-13H2,1-2H3/t16-,19-,22-/m0/s1. The topological polar surface area (TPSA) is 57.4 Å². The van der Waals surface area contributed by atoms with Gasteiger partial charge in [-0.1, -0.05) is 24.3 Å². The molecule has 2 N–H and O–H groups in total. The van der Waals surface area contributed by atoms with Crippen molar-refractivity contribution >= 4 is 16.8 Å². The Bertz CT molecular complexity index is 1040. The number of nitrogens with zero attached hydrogens (tertiary/aromatic N) is 1. The Kier molecular flexibility index (Phi) is 4.13. The minimum atomic E-state index is 0.0813. The van der Waals surface area contributed by atoms with Crippen molar-refractivity contribution in [1.29, 1.82) is 0 Å². The average Bonchev–Trinajstić information content (AvgIpc) is 3.41. The number of rotatable bonds is 3. The van der Waals surface area contributed by atoms with Crippen LogP contribution in [0.15, 0.2) is 48.5 Å². The number of hydrogen-bond donors (Lipinski definition) is 2. The largest absolute Gasteiger partial charge is 0.497 e. The zero-order valence-electron chi connectivity index (χ0n) is 16.2. The first-order valence-electron chi connectivity index (χ1n) is 9.89. The molecule has 2 fully saturated rings. The molecule has 0 radical (unpaired) electrons. The third kappa shape index (κ3) is 2.69. The molecule has 2 aromatic carbocycles. The monoisotopic (exact) mass is 375 g/mol. The third-order valence-corrected chi connectivity index (χ3v) is 6.39. The second kappa shape index (κ2) is 6.67. The molecule has 0 unspecified atom stereocenters. The van der Waals surface area contributed by atoms with Gasteiger partial charge in [0, 0.05) is 36.5 Å². The number of aryl methyl sites for hydroxylation is 1. The second-order valence-electron chi connectivity index (χ2n) is 7.98. The van der Waals surface area contributed by atoms with Gasteiger partial charge in [-0.15, -0.1) is 0 Å². The number of fused-ring (bicyclic) bond motifs is 2. The molecule has 2 aliphatic heterocycles. The summed E-state index contributed by atoms with van der Waals surface area (Å²) in [6.45, 7) is 4.90. The van der Waals surface area contributed by atoms with Crippen LogP contribution < -0.4 is 10.1 Å². The van der Waals surface area contributed by atoms with E-state index in [-0.39, 0.29) is 11.9 Å². The lowest BCUT2D eigenvalue weighted by atomic mass is 9.87. The van der Waals surface area contributed by atoms with Crippen LogP contribution in [-0.2, 0) is 0 Å². The Balaban J connectivity index is 1.53.